The van der Waals surface area contributed by atoms with Crippen molar-refractivity contribution in [2.24, 2.45) is 27.5 Å². The minimum Gasteiger partial charge on any atom is -0.508 e. The van der Waals surface area contributed by atoms with Crippen molar-refractivity contribution in [3.63, 3.8) is 0 Å². The summed E-state index contributed by atoms with van der Waals surface area (Å²) in [6.07, 6.45) is 8.50. The van der Waals surface area contributed by atoms with Crippen molar-refractivity contribution >= 4 is 11.9 Å². The zero-order chi connectivity index (χ0) is 27.0. The summed E-state index contributed by atoms with van der Waals surface area (Å²) in [5, 5.41) is 19.3. The number of ether oxygens (including phenoxy) is 2. The first-order valence-electron chi connectivity index (χ1n) is 13.9. The molecule has 3 aromatic carbocycles. The van der Waals surface area contributed by atoms with Gasteiger partial charge >= 0.3 is 0 Å². The van der Waals surface area contributed by atoms with Crippen LogP contribution in [0.15, 0.2) is 70.9 Å². The van der Waals surface area contributed by atoms with Gasteiger partial charge in [0, 0.05) is 16.7 Å². The maximum absolute atomic E-state index is 13.2. The lowest BCUT2D eigenvalue weighted by Crippen LogP contribution is -2.42. The van der Waals surface area contributed by atoms with E-state index in [-0.39, 0.29) is 11.2 Å². The highest BCUT2D eigenvalue weighted by molar-refractivity contribution is 5.93. The second kappa shape index (κ2) is 10.5. The van der Waals surface area contributed by atoms with Crippen LogP contribution in [0.3, 0.4) is 0 Å². The second-order valence-corrected chi connectivity index (χ2v) is 11.4. The SMILES string of the molecule is COc1ccc(/C=N\N=C2\CC[C@@H]3[C@@H]4CCc5cc(O)ccc5[C@@H]4CC[C@@]23C)cc1COc1ccc(F)cc1. The van der Waals surface area contributed by atoms with Crippen molar-refractivity contribution in [2.75, 3.05) is 7.11 Å². The van der Waals surface area contributed by atoms with Crippen LogP contribution in [0.4, 0.5) is 4.39 Å². The van der Waals surface area contributed by atoms with Gasteiger partial charge in [0.15, 0.2) is 0 Å². The van der Waals surface area contributed by atoms with Gasteiger partial charge < -0.3 is 14.6 Å². The van der Waals surface area contributed by atoms with E-state index in [0.717, 1.165) is 42.6 Å². The predicted octanol–water partition coefficient (Wildman–Crippen LogP) is 7.45. The molecule has 4 atom stereocenters. The largest absolute Gasteiger partial charge is 0.508 e. The zero-order valence-electron chi connectivity index (χ0n) is 22.6. The fourth-order valence-corrected chi connectivity index (χ4v) is 7.37. The summed E-state index contributed by atoms with van der Waals surface area (Å²) < 4.78 is 24.6. The molecule has 6 heteroatoms. The van der Waals surface area contributed by atoms with E-state index in [1.165, 1.54) is 41.8 Å². The number of phenols is 1. The van der Waals surface area contributed by atoms with Crippen molar-refractivity contribution in [3.8, 4) is 17.2 Å². The Morgan fingerprint density at radius 3 is 2.69 bits per heavy atom. The van der Waals surface area contributed by atoms with E-state index >= 15 is 0 Å². The smallest absolute Gasteiger partial charge is 0.125 e. The molecule has 1 N–H and O–H groups in total. The van der Waals surface area contributed by atoms with Crippen LogP contribution >= 0.6 is 0 Å². The quantitative estimate of drug-likeness (QED) is 0.268. The summed E-state index contributed by atoms with van der Waals surface area (Å²) in [5.41, 5.74) is 5.92. The molecule has 0 spiro atoms. The fraction of sp³-hybridized carbons (Fsp3) is 0.394. The Morgan fingerprint density at radius 2 is 1.87 bits per heavy atom. The minimum atomic E-state index is -0.291. The third-order valence-corrected chi connectivity index (χ3v) is 9.35. The maximum Gasteiger partial charge on any atom is 0.125 e. The van der Waals surface area contributed by atoms with Gasteiger partial charge in [-0.25, -0.2) is 4.39 Å². The van der Waals surface area contributed by atoms with Gasteiger partial charge in [-0.05, 0) is 128 Å². The molecule has 0 saturated heterocycles. The van der Waals surface area contributed by atoms with Gasteiger partial charge in [0.05, 0.1) is 13.3 Å². The van der Waals surface area contributed by atoms with Crippen molar-refractivity contribution in [1.29, 1.82) is 0 Å². The van der Waals surface area contributed by atoms with Gasteiger partial charge in [0.25, 0.3) is 0 Å². The molecule has 3 aliphatic carbocycles. The summed E-state index contributed by atoms with van der Waals surface area (Å²) in [5.74, 6) is 3.30. The summed E-state index contributed by atoms with van der Waals surface area (Å²) in [4.78, 5) is 0. The first-order chi connectivity index (χ1) is 18.9. The molecular formula is C33H35FN2O3. The molecule has 0 unspecified atom stereocenters. The Balaban J connectivity index is 1.16. The summed E-state index contributed by atoms with van der Waals surface area (Å²) in [6.45, 7) is 2.70. The van der Waals surface area contributed by atoms with Crippen molar-refractivity contribution in [1.82, 2.24) is 0 Å². The number of hydrogen-bond donors (Lipinski definition) is 1. The summed E-state index contributed by atoms with van der Waals surface area (Å²) in [7, 11) is 1.64. The zero-order valence-corrected chi connectivity index (χ0v) is 22.6. The van der Waals surface area contributed by atoms with Gasteiger partial charge in [-0.3, -0.25) is 0 Å². The average molecular weight is 527 g/mol. The summed E-state index contributed by atoms with van der Waals surface area (Å²) in [6, 6.07) is 17.8. The number of halogens is 1. The molecule has 3 aliphatic rings. The van der Waals surface area contributed by atoms with Gasteiger partial charge in [0.2, 0.25) is 0 Å². The molecule has 0 bridgehead atoms. The Labute approximate surface area is 229 Å². The highest BCUT2D eigenvalue weighted by atomic mass is 19.1. The predicted molar refractivity (Wildman–Crippen MR) is 151 cm³/mol. The van der Waals surface area contributed by atoms with Crippen LogP contribution in [0.2, 0.25) is 0 Å². The monoisotopic (exact) mass is 526 g/mol. The van der Waals surface area contributed by atoms with Crippen LogP contribution in [0.1, 0.15) is 67.2 Å². The van der Waals surface area contributed by atoms with E-state index < -0.39 is 0 Å². The topological polar surface area (TPSA) is 63.4 Å². The lowest BCUT2D eigenvalue weighted by molar-refractivity contribution is 0.0955. The lowest BCUT2D eigenvalue weighted by atomic mass is 9.55. The van der Waals surface area contributed by atoms with Crippen LogP contribution in [0.5, 0.6) is 17.2 Å². The molecule has 0 aliphatic heterocycles. The van der Waals surface area contributed by atoms with E-state index in [1.807, 2.05) is 30.3 Å². The Hall–Kier alpha value is -3.67. The third kappa shape index (κ3) is 4.93. The number of phenolic OH excluding ortho intramolecular Hbond substituents is 1. The molecule has 2 fully saturated rings. The molecule has 6 rings (SSSR count). The van der Waals surface area contributed by atoms with Gasteiger partial charge in [-0.1, -0.05) is 13.0 Å². The van der Waals surface area contributed by atoms with E-state index in [4.69, 9.17) is 14.6 Å². The number of fused-ring (bicyclic) bond motifs is 5. The molecule has 39 heavy (non-hydrogen) atoms. The van der Waals surface area contributed by atoms with Crippen molar-refractivity contribution in [3.05, 3.63) is 88.7 Å². The first-order valence-corrected chi connectivity index (χ1v) is 13.9. The highest BCUT2D eigenvalue weighted by Crippen LogP contribution is 2.60. The van der Waals surface area contributed by atoms with E-state index in [0.29, 0.717) is 35.9 Å². The van der Waals surface area contributed by atoms with Crippen LogP contribution < -0.4 is 9.47 Å². The second-order valence-electron chi connectivity index (χ2n) is 11.4. The molecule has 0 amide bonds. The van der Waals surface area contributed by atoms with Crippen LogP contribution in [-0.4, -0.2) is 24.1 Å². The molecule has 202 valence electrons. The van der Waals surface area contributed by atoms with Gasteiger partial charge in [0.1, 0.15) is 29.7 Å². The van der Waals surface area contributed by atoms with E-state index in [9.17, 15) is 9.50 Å². The Morgan fingerprint density at radius 1 is 1.03 bits per heavy atom. The number of benzene rings is 3. The van der Waals surface area contributed by atoms with Crippen molar-refractivity contribution < 1.29 is 19.0 Å². The highest BCUT2D eigenvalue weighted by Gasteiger charge is 2.53. The molecular weight excluding hydrogens is 491 g/mol. The van der Waals surface area contributed by atoms with Gasteiger partial charge in [-0.2, -0.15) is 10.2 Å². The number of methoxy groups -OCH3 is 1. The minimum absolute atomic E-state index is 0.0982. The first kappa shape index (κ1) is 25.6. The number of hydrogen-bond acceptors (Lipinski definition) is 5. The molecule has 0 radical (unpaired) electrons. The normalized spacial score (nSPS) is 26.7. The molecule has 3 aromatic rings. The van der Waals surface area contributed by atoms with Crippen molar-refractivity contribution in [2.45, 2.75) is 58.0 Å². The van der Waals surface area contributed by atoms with Crippen LogP contribution in [-0.2, 0) is 13.0 Å². The molecule has 0 heterocycles. The third-order valence-electron chi connectivity index (χ3n) is 9.35. The fourth-order valence-electron chi connectivity index (χ4n) is 7.37. The van der Waals surface area contributed by atoms with E-state index in [1.54, 1.807) is 25.5 Å². The Kier molecular flexibility index (Phi) is 6.88. The maximum atomic E-state index is 13.2. The molecule has 5 nitrogen and oxygen atoms in total. The van der Waals surface area contributed by atoms with E-state index in [2.05, 4.69) is 18.1 Å². The summed E-state index contributed by atoms with van der Waals surface area (Å²) >= 11 is 0. The number of aryl methyl sites for hydroxylation is 1. The Bertz CT molecular complexity index is 1420. The van der Waals surface area contributed by atoms with Crippen LogP contribution in [0, 0.1) is 23.1 Å². The van der Waals surface area contributed by atoms with Gasteiger partial charge in [-0.15, -0.1) is 0 Å². The molecule has 2 saturated carbocycles. The molecule has 0 aromatic heterocycles. The van der Waals surface area contributed by atoms with Crippen LogP contribution in [0.25, 0.3) is 0 Å². The lowest BCUT2D eigenvalue weighted by Gasteiger charge is -2.49. The number of rotatable bonds is 6. The standard InChI is InChI=1S/C33H35FN2O3/c1-33-16-15-28-27-11-7-25(37)18-22(27)4-10-29(28)30(33)12-14-32(33)36-35-19-21-3-13-31(38-2)23(17-21)20-39-26-8-5-24(34)6-9-26/h3,5-9,11,13,17-19,28-30,37H,4,10,12,14-16,20H2,1-2H3/b35-19-,36-32-/t28-,29+,30+,33+/m0/s1. The average Bonchev–Trinajstić information content (AvgIpc) is 3.28. The number of aromatic hydroxyl groups is 1. The number of nitrogens with zero attached hydrogens (tertiary/aromatic N) is 2.